The van der Waals surface area contributed by atoms with Crippen LogP contribution in [0.5, 0.6) is 5.75 Å². The second-order valence-corrected chi connectivity index (χ2v) is 7.00. The minimum Gasteiger partial charge on any atom is -0.497 e. The van der Waals surface area contributed by atoms with Gasteiger partial charge in [-0.1, -0.05) is 18.2 Å². The maximum absolute atomic E-state index is 14.1. The third kappa shape index (κ3) is 3.36. The fourth-order valence-electron chi connectivity index (χ4n) is 3.32. The zero-order valence-corrected chi connectivity index (χ0v) is 17.0. The number of halogens is 1. The predicted molar refractivity (Wildman–Crippen MR) is 111 cm³/mol. The van der Waals surface area contributed by atoms with Crippen molar-refractivity contribution in [3.63, 3.8) is 0 Å². The summed E-state index contributed by atoms with van der Waals surface area (Å²) in [5.74, 6) is -0.312. The van der Waals surface area contributed by atoms with Gasteiger partial charge < -0.3 is 10.1 Å². The SMILES string of the molecule is COc1ccc(-c2c(C)nn3c(C)c(C(=O)Nc4ccc(C)cc4F)nnc23)cc1. The first-order chi connectivity index (χ1) is 14.4. The standard InChI is InChI=1S/C22H20FN5O2/c1-12-5-10-18(17(23)11-12)24-22(29)20-14(3)28-21(26-25-20)19(13(2)27-28)15-6-8-16(30-4)9-7-15/h5-11H,1-4H3,(H,24,29). The van der Waals surface area contributed by atoms with E-state index >= 15 is 0 Å². The van der Waals surface area contributed by atoms with Gasteiger partial charge in [-0.3, -0.25) is 4.79 Å². The average molecular weight is 405 g/mol. The lowest BCUT2D eigenvalue weighted by molar-refractivity contribution is 0.101. The molecule has 0 unspecified atom stereocenters. The summed E-state index contributed by atoms with van der Waals surface area (Å²) in [6.07, 6.45) is 0. The molecule has 2 aromatic carbocycles. The van der Waals surface area contributed by atoms with E-state index < -0.39 is 11.7 Å². The number of aromatic nitrogens is 4. The van der Waals surface area contributed by atoms with Crippen molar-refractivity contribution in [3.8, 4) is 16.9 Å². The first kappa shape index (κ1) is 19.5. The molecular weight excluding hydrogens is 385 g/mol. The molecule has 4 aromatic rings. The molecule has 0 atom stereocenters. The minimum absolute atomic E-state index is 0.0752. The zero-order valence-electron chi connectivity index (χ0n) is 17.0. The molecular formula is C22H20FN5O2. The van der Waals surface area contributed by atoms with Crippen LogP contribution in [-0.4, -0.2) is 32.8 Å². The first-order valence-corrected chi connectivity index (χ1v) is 9.33. The fraction of sp³-hybridized carbons (Fsp3) is 0.182. The molecule has 0 saturated heterocycles. The highest BCUT2D eigenvalue weighted by Crippen LogP contribution is 2.29. The van der Waals surface area contributed by atoms with E-state index in [1.807, 2.05) is 31.2 Å². The summed E-state index contributed by atoms with van der Waals surface area (Å²) in [5, 5.41) is 15.5. The second kappa shape index (κ2) is 7.55. The molecule has 8 heteroatoms. The third-order valence-electron chi connectivity index (χ3n) is 4.91. The molecule has 4 rings (SSSR count). The summed E-state index contributed by atoms with van der Waals surface area (Å²) in [6.45, 7) is 5.38. The molecule has 2 aromatic heterocycles. The Kier molecular flexibility index (Phi) is 4.91. The second-order valence-electron chi connectivity index (χ2n) is 7.00. The van der Waals surface area contributed by atoms with Crippen LogP contribution in [0.3, 0.4) is 0 Å². The summed E-state index contributed by atoms with van der Waals surface area (Å²) in [4.78, 5) is 12.7. The molecule has 1 amide bonds. The van der Waals surface area contributed by atoms with Crippen molar-refractivity contribution in [2.45, 2.75) is 20.8 Å². The van der Waals surface area contributed by atoms with Gasteiger partial charge in [0.05, 0.1) is 29.7 Å². The number of nitrogens with zero attached hydrogens (tertiary/aromatic N) is 4. The van der Waals surface area contributed by atoms with Crippen LogP contribution < -0.4 is 10.1 Å². The predicted octanol–water partition coefficient (Wildman–Crippen LogP) is 4.12. The number of fused-ring (bicyclic) bond motifs is 1. The smallest absolute Gasteiger partial charge is 0.278 e. The summed E-state index contributed by atoms with van der Waals surface area (Å²) >= 11 is 0. The van der Waals surface area contributed by atoms with E-state index in [0.29, 0.717) is 11.3 Å². The van der Waals surface area contributed by atoms with E-state index in [1.165, 1.54) is 12.1 Å². The number of hydrogen-bond donors (Lipinski definition) is 1. The number of benzene rings is 2. The third-order valence-corrected chi connectivity index (χ3v) is 4.91. The molecule has 0 radical (unpaired) electrons. The van der Waals surface area contributed by atoms with Crippen LogP contribution in [0.4, 0.5) is 10.1 Å². The van der Waals surface area contributed by atoms with E-state index in [9.17, 15) is 9.18 Å². The maximum atomic E-state index is 14.1. The zero-order chi connectivity index (χ0) is 21.4. The lowest BCUT2D eigenvalue weighted by Gasteiger charge is -2.09. The van der Waals surface area contributed by atoms with Crippen molar-refractivity contribution in [3.05, 3.63) is 70.9 Å². The van der Waals surface area contributed by atoms with Crippen molar-refractivity contribution in [2.24, 2.45) is 0 Å². The van der Waals surface area contributed by atoms with Gasteiger partial charge in [-0.15, -0.1) is 10.2 Å². The van der Waals surface area contributed by atoms with Crippen LogP contribution in [0.1, 0.15) is 27.4 Å². The van der Waals surface area contributed by atoms with Crippen LogP contribution in [0.15, 0.2) is 42.5 Å². The largest absolute Gasteiger partial charge is 0.497 e. The van der Waals surface area contributed by atoms with Gasteiger partial charge in [-0.05, 0) is 56.2 Å². The minimum atomic E-state index is -0.552. The Morgan fingerprint density at radius 3 is 2.47 bits per heavy atom. The molecule has 0 fully saturated rings. The van der Waals surface area contributed by atoms with Crippen LogP contribution in [0, 0.1) is 26.6 Å². The van der Waals surface area contributed by atoms with Crippen LogP contribution in [0.2, 0.25) is 0 Å². The number of aryl methyl sites for hydroxylation is 3. The molecule has 0 aliphatic rings. The van der Waals surface area contributed by atoms with Gasteiger partial charge in [0.15, 0.2) is 11.3 Å². The topological polar surface area (TPSA) is 81.4 Å². The first-order valence-electron chi connectivity index (χ1n) is 9.33. The van der Waals surface area contributed by atoms with E-state index in [0.717, 1.165) is 28.1 Å². The summed E-state index contributed by atoms with van der Waals surface area (Å²) in [6, 6.07) is 12.1. The van der Waals surface area contributed by atoms with Crippen molar-refractivity contribution >= 4 is 17.2 Å². The van der Waals surface area contributed by atoms with Crippen molar-refractivity contribution in [2.75, 3.05) is 12.4 Å². The van der Waals surface area contributed by atoms with Gasteiger partial charge in [-0.25, -0.2) is 8.91 Å². The van der Waals surface area contributed by atoms with Crippen LogP contribution in [0.25, 0.3) is 16.8 Å². The van der Waals surface area contributed by atoms with Gasteiger partial charge in [0.25, 0.3) is 5.91 Å². The Labute approximate surface area is 172 Å². The number of carbonyl (C=O) groups is 1. The van der Waals surface area contributed by atoms with Gasteiger partial charge in [-0.2, -0.15) is 5.10 Å². The number of amides is 1. The molecule has 0 spiro atoms. The summed E-state index contributed by atoms with van der Waals surface area (Å²) < 4.78 is 20.9. The van der Waals surface area contributed by atoms with Gasteiger partial charge in [0.2, 0.25) is 0 Å². The van der Waals surface area contributed by atoms with E-state index in [-0.39, 0.29) is 11.4 Å². The molecule has 7 nitrogen and oxygen atoms in total. The van der Waals surface area contributed by atoms with Gasteiger partial charge >= 0.3 is 0 Å². The lowest BCUT2D eigenvalue weighted by Crippen LogP contribution is -2.19. The molecule has 1 N–H and O–H groups in total. The summed E-state index contributed by atoms with van der Waals surface area (Å²) in [5.41, 5.74) is 4.45. The molecule has 152 valence electrons. The Balaban J connectivity index is 1.73. The van der Waals surface area contributed by atoms with Crippen LogP contribution in [-0.2, 0) is 0 Å². The highest BCUT2D eigenvalue weighted by Gasteiger charge is 2.21. The van der Waals surface area contributed by atoms with Gasteiger partial charge in [0.1, 0.15) is 11.6 Å². The number of rotatable bonds is 4. The quantitative estimate of drug-likeness (QED) is 0.552. The Bertz CT molecular complexity index is 1260. The van der Waals surface area contributed by atoms with Crippen LogP contribution >= 0.6 is 0 Å². The normalized spacial score (nSPS) is 11.0. The molecule has 2 heterocycles. The maximum Gasteiger partial charge on any atom is 0.278 e. The number of carbonyl (C=O) groups excluding carboxylic acids is 1. The lowest BCUT2D eigenvalue weighted by atomic mass is 10.1. The number of hydrogen-bond acceptors (Lipinski definition) is 5. The average Bonchev–Trinajstić information content (AvgIpc) is 3.07. The number of methoxy groups -OCH3 is 1. The molecule has 0 bridgehead atoms. The Hall–Kier alpha value is -3.81. The van der Waals surface area contributed by atoms with Crippen molar-refractivity contribution < 1.29 is 13.9 Å². The van der Waals surface area contributed by atoms with E-state index in [1.54, 1.807) is 31.5 Å². The number of ether oxygens (including phenoxy) is 1. The van der Waals surface area contributed by atoms with E-state index in [4.69, 9.17) is 4.74 Å². The fourth-order valence-corrected chi connectivity index (χ4v) is 3.32. The van der Waals surface area contributed by atoms with Crippen molar-refractivity contribution in [1.29, 1.82) is 0 Å². The Morgan fingerprint density at radius 2 is 1.80 bits per heavy atom. The van der Waals surface area contributed by atoms with Gasteiger partial charge in [0, 0.05) is 0 Å². The Morgan fingerprint density at radius 1 is 1.07 bits per heavy atom. The molecule has 30 heavy (non-hydrogen) atoms. The molecule has 0 aliphatic heterocycles. The highest BCUT2D eigenvalue weighted by molar-refractivity contribution is 6.03. The van der Waals surface area contributed by atoms with Crippen molar-refractivity contribution in [1.82, 2.24) is 19.8 Å². The summed E-state index contributed by atoms with van der Waals surface area (Å²) in [7, 11) is 1.61. The monoisotopic (exact) mass is 405 g/mol. The number of anilines is 1. The molecule has 0 aliphatic carbocycles. The molecule has 0 saturated carbocycles. The van der Waals surface area contributed by atoms with E-state index in [2.05, 4.69) is 20.6 Å². The number of nitrogens with one attached hydrogen (secondary N) is 1. The highest BCUT2D eigenvalue weighted by atomic mass is 19.1.